The van der Waals surface area contributed by atoms with Crippen LogP contribution in [-0.4, -0.2) is 24.7 Å². The maximum atomic E-state index is 11.7. The molecule has 0 aromatic rings. The molecule has 0 radical (unpaired) electrons. The number of hydrogen-bond donors (Lipinski definition) is 3. The third kappa shape index (κ3) is 40.2. The molecule has 0 fully saturated rings. The molecule has 0 aliphatic rings. The minimum atomic E-state index is -3.83. The van der Waals surface area contributed by atoms with E-state index in [1.807, 2.05) is 0 Å². The average molecular weight is 579 g/mol. The third-order valence-corrected chi connectivity index (χ3v) is 8.20. The van der Waals surface area contributed by atoms with Gasteiger partial charge in [0.2, 0.25) is 0 Å². The van der Waals surface area contributed by atoms with Gasteiger partial charge in [0.15, 0.2) is 0 Å². The number of unbranched alkanes of at least 4 members (excludes halogenated alkanes) is 23. The van der Waals surface area contributed by atoms with E-state index < -0.39 is 7.82 Å². The van der Waals surface area contributed by atoms with Crippen LogP contribution < -0.4 is 11.3 Å². The summed E-state index contributed by atoms with van der Waals surface area (Å²) in [6.45, 7) is 8.32. The first kappa shape index (κ1) is 41.2. The maximum absolute atomic E-state index is 11.7. The van der Waals surface area contributed by atoms with Gasteiger partial charge < -0.3 is 4.89 Å². The smallest absolute Gasteiger partial charge is 0.302 e. The molecule has 6 nitrogen and oxygen atoms in total. The average Bonchev–Trinajstić information content (AvgIpc) is 2.92. The van der Waals surface area contributed by atoms with Gasteiger partial charge in [-0.2, -0.15) is 0 Å². The summed E-state index contributed by atoms with van der Waals surface area (Å²) in [7, 11) is -3.83. The van der Waals surface area contributed by atoms with Crippen LogP contribution in [-0.2, 0) is 13.6 Å². The van der Waals surface area contributed by atoms with Gasteiger partial charge in [0.25, 0.3) is 0 Å². The number of rotatable bonds is 31. The number of hydrazine groups is 1. The van der Waals surface area contributed by atoms with Crippen LogP contribution in [0.4, 0.5) is 0 Å². The molecule has 0 saturated heterocycles. The molecule has 0 amide bonds. The highest BCUT2D eigenvalue weighted by molar-refractivity contribution is 7.47. The lowest BCUT2D eigenvalue weighted by Gasteiger charge is -2.12. The first-order chi connectivity index (χ1) is 19.0. The highest BCUT2D eigenvalue weighted by atomic mass is 31.2. The van der Waals surface area contributed by atoms with E-state index in [0.29, 0.717) is 13.2 Å². The van der Waals surface area contributed by atoms with E-state index >= 15 is 0 Å². The minimum absolute atomic E-state index is 0.320. The summed E-state index contributed by atoms with van der Waals surface area (Å²) in [6, 6.07) is 0. The van der Waals surface area contributed by atoms with E-state index in [0.717, 1.165) is 32.2 Å². The van der Waals surface area contributed by atoms with Crippen LogP contribution in [0.1, 0.15) is 188 Å². The molecule has 0 spiro atoms. The van der Waals surface area contributed by atoms with Crippen LogP contribution in [0.2, 0.25) is 0 Å². The van der Waals surface area contributed by atoms with E-state index in [2.05, 4.69) is 26.2 Å². The first-order valence-corrected chi connectivity index (χ1v) is 18.6. The van der Waals surface area contributed by atoms with E-state index in [1.165, 1.54) is 141 Å². The topological polar surface area (TPSA) is 93.8 Å². The molecule has 0 saturated carbocycles. The molecule has 7 heteroatoms. The van der Waals surface area contributed by atoms with Crippen LogP contribution in [0.15, 0.2) is 0 Å². The first-order valence-electron chi connectivity index (χ1n) is 17.1. The van der Waals surface area contributed by atoms with Gasteiger partial charge >= 0.3 is 7.82 Å². The van der Waals surface area contributed by atoms with Crippen molar-refractivity contribution in [3.8, 4) is 0 Å². The fourth-order valence-electron chi connectivity index (χ4n) is 4.58. The molecule has 0 aliphatic heterocycles. The number of nitrogens with two attached hydrogens (primary N) is 1. The zero-order valence-corrected chi connectivity index (χ0v) is 27.6. The molecule has 0 heterocycles. The van der Waals surface area contributed by atoms with Gasteiger partial charge in [0.05, 0.1) is 13.2 Å². The van der Waals surface area contributed by atoms with Crippen LogP contribution in [0, 0.1) is 0 Å². The normalized spacial score (nSPS) is 11.5. The van der Waals surface area contributed by atoms with Crippen LogP contribution >= 0.6 is 7.82 Å². The Bertz CT molecular complexity index is 445. The molecule has 4 N–H and O–H groups in total. The lowest BCUT2D eigenvalue weighted by atomic mass is 10.1. The Labute approximate surface area is 244 Å². The summed E-state index contributed by atoms with van der Waals surface area (Å²) in [5.74, 6) is 5.19. The maximum Gasteiger partial charge on any atom is 0.472 e. The zero-order valence-electron chi connectivity index (χ0n) is 26.7. The third-order valence-electron chi connectivity index (χ3n) is 7.18. The van der Waals surface area contributed by atoms with Crippen molar-refractivity contribution < 1.29 is 18.5 Å². The summed E-state index contributed by atoms with van der Waals surface area (Å²) in [6.07, 6.45) is 33.0. The molecule has 0 unspecified atom stereocenters. The van der Waals surface area contributed by atoms with Crippen molar-refractivity contribution in [2.24, 2.45) is 5.84 Å². The van der Waals surface area contributed by atoms with Crippen molar-refractivity contribution in [1.82, 2.24) is 5.43 Å². The Balaban J connectivity index is 0. The van der Waals surface area contributed by atoms with E-state index in [4.69, 9.17) is 14.9 Å². The van der Waals surface area contributed by atoms with Gasteiger partial charge in [-0.15, -0.1) is 0 Å². The highest BCUT2D eigenvalue weighted by Gasteiger charge is 2.19. The van der Waals surface area contributed by atoms with Crippen molar-refractivity contribution in [2.45, 2.75) is 188 Å². The van der Waals surface area contributed by atoms with E-state index in [-0.39, 0.29) is 0 Å². The van der Waals surface area contributed by atoms with Crippen molar-refractivity contribution in [3.63, 3.8) is 0 Å². The number of hydrogen-bond acceptors (Lipinski definition) is 5. The lowest BCUT2D eigenvalue weighted by molar-refractivity contribution is 0.145. The monoisotopic (exact) mass is 579 g/mol. The van der Waals surface area contributed by atoms with Gasteiger partial charge in [0, 0.05) is 6.54 Å². The van der Waals surface area contributed by atoms with Gasteiger partial charge in [-0.3, -0.25) is 20.3 Å². The minimum Gasteiger partial charge on any atom is -0.302 e. The summed E-state index contributed by atoms with van der Waals surface area (Å²) >= 11 is 0. The van der Waals surface area contributed by atoms with Crippen LogP contribution in [0.3, 0.4) is 0 Å². The number of phosphoric ester groups is 1. The van der Waals surface area contributed by atoms with Crippen molar-refractivity contribution in [2.75, 3.05) is 19.8 Å². The van der Waals surface area contributed by atoms with Crippen molar-refractivity contribution in [1.29, 1.82) is 0 Å². The number of phosphoric acid groups is 1. The van der Waals surface area contributed by atoms with Crippen LogP contribution in [0.25, 0.3) is 0 Å². The fourth-order valence-corrected chi connectivity index (χ4v) is 5.38. The lowest BCUT2D eigenvalue weighted by Crippen LogP contribution is -2.22. The summed E-state index contributed by atoms with van der Waals surface area (Å²) in [5.41, 5.74) is 2.69. The van der Waals surface area contributed by atoms with Gasteiger partial charge in [-0.25, -0.2) is 4.57 Å². The second-order valence-electron chi connectivity index (χ2n) is 11.2. The molecular formula is C32H71N2O4P. The molecule has 0 bridgehead atoms. The Morgan fingerprint density at radius 1 is 0.487 bits per heavy atom. The SMILES string of the molecule is CCCCCCCCCCCCNN.CCCCCCCCCCOP(=O)(O)OCCCCCCCCCC. The van der Waals surface area contributed by atoms with Gasteiger partial charge in [-0.05, 0) is 19.3 Å². The van der Waals surface area contributed by atoms with E-state index in [1.54, 1.807) is 0 Å². The molecule has 0 aromatic carbocycles. The Hall–Kier alpha value is 0.0300. The fraction of sp³-hybridized carbons (Fsp3) is 1.00. The van der Waals surface area contributed by atoms with Crippen LogP contribution in [0.5, 0.6) is 0 Å². The van der Waals surface area contributed by atoms with Gasteiger partial charge in [-0.1, -0.05) is 168 Å². The highest BCUT2D eigenvalue weighted by Crippen LogP contribution is 2.43. The molecule has 0 aliphatic carbocycles. The Morgan fingerprint density at radius 3 is 1.03 bits per heavy atom. The largest absolute Gasteiger partial charge is 0.472 e. The summed E-state index contributed by atoms with van der Waals surface area (Å²) < 4.78 is 21.8. The van der Waals surface area contributed by atoms with Crippen molar-refractivity contribution in [3.05, 3.63) is 0 Å². The Kier molecular flexibility index (Phi) is 38.1. The molecule has 39 heavy (non-hydrogen) atoms. The van der Waals surface area contributed by atoms with Gasteiger partial charge in [0.1, 0.15) is 0 Å². The molecule has 0 aromatic heterocycles. The van der Waals surface area contributed by atoms with E-state index in [9.17, 15) is 9.46 Å². The second-order valence-corrected chi connectivity index (χ2v) is 12.7. The summed E-state index contributed by atoms with van der Waals surface area (Å²) in [4.78, 5) is 9.63. The molecule has 0 atom stereocenters. The second kappa shape index (κ2) is 36.1. The molecule has 0 rings (SSSR count). The molecule has 238 valence electrons. The van der Waals surface area contributed by atoms with Crippen molar-refractivity contribution >= 4 is 7.82 Å². The number of nitrogens with one attached hydrogen (secondary N) is 1. The molecular weight excluding hydrogens is 507 g/mol. The predicted octanol–water partition coefficient (Wildman–Crippen LogP) is 10.8. The Morgan fingerprint density at radius 2 is 0.744 bits per heavy atom. The summed E-state index contributed by atoms with van der Waals surface area (Å²) in [5, 5.41) is 0. The predicted molar refractivity (Wildman–Crippen MR) is 171 cm³/mol. The zero-order chi connectivity index (χ0) is 29.1. The quantitative estimate of drug-likeness (QED) is 0.0328. The standard InChI is InChI=1S/C20H43O4P.C12H28N2/c1-3-5-7-9-11-13-15-17-19-23-25(21,22)24-20-18-16-14-12-10-8-6-4-2;1-2-3-4-5-6-7-8-9-10-11-12-14-13/h3-20H2,1-2H3,(H,21,22);14H,2-13H2,1H3.